The normalized spacial score (nSPS) is 16.3. The summed E-state index contributed by atoms with van der Waals surface area (Å²) in [6.07, 6.45) is 0.333. The summed E-state index contributed by atoms with van der Waals surface area (Å²) >= 11 is 0. The van der Waals surface area contributed by atoms with Gasteiger partial charge in [0.05, 0.1) is 6.20 Å². The van der Waals surface area contributed by atoms with Crippen molar-refractivity contribution in [3.05, 3.63) is 47.8 Å². The number of carbonyl (C=O) groups excluding carboxylic acids is 1. The van der Waals surface area contributed by atoms with Gasteiger partial charge in [-0.05, 0) is 0 Å². The van der Waals surface area contributed by atoms with Crippen LogP contribution in [0.4, 0.5) is 17.6 Å². The third-order valence-corrected chi connectivity index (χ3v) is 6.86. The van der Waals surface area contributed by atoms with Crippen LogP contribution in [-0.4, -0.2) is 50.1 Å². The standard InChI is InChI=1S/C22H22F4N4O4S/c1-13-7-18-28-15(19(31)29-21(2)3-5-35(32)6-4-21)10-30(18)11-17(13)34-20-16(8-14(23)9-27-20)33-12-22(24,25)26/h7-11H,3-6,12H2,1-2H3,(H,29,31). The molecule has 0 spiro atoms. The Kier molecular flexibility index (Phi) is 6.82. The first-order chi connectivity index (χ1) is 16.4. The molecule has 1 saturated heterocycles. The van der Waals surface area contributed by atoms with E-state index in [1.807, 2.05) is 6.92 Å². The second kappa shape index (κ2) is 9.53. The summed E-state index contributed by atoms with van der Waals surface area (Å²) < 4.78 is 74.7. The maximum absolute atomic E-state index is 13.5. The number of aryl methyl sites for hydroxylation is 1. The Hall–Kier alpha value is -3.06. The van der Waals surface area contributed by atoms with Gasteiger partial charge in [-0.3, -0.25) is 0 Å². The van der Waals surface area contributed by atoms with E-state index in [0.29, 0.717) is 35.6 Å². The molecule has 1 N–H and O–H groups in total. The maximum atomic E-state index is 13.5. The Balaban J connectivity index is 1.56. The zero-order valence-electron chi connectivity index (χ0n) is 18.8. The summed E-state index contributed by atoms with van der Waals surface area (Å²) in [5, 5.41) is 2.97. The molecule has 0 unspecified atom stereocenters. The molecule has 1 amide bonds. The number of alkyl halides is 3. The van der Waals surface area contributed by atoms with Gasteiger partial charge in [0.2, 0.25) is 0 Å². The second-order valence-corrected chi connectivity index (χ2v) is 10.2. The van der Waals surface area contributed by atoms with Crippen LogP contribution in [0.15, 0.2) is 30.7 Å². The Morgan fingerprint density at radius 1 is 1.26 bits per heavy atom. The first kappa shape index (κ1) is 25.0. The number of halogens is 4. The van der Waals surface area contributed by atoms with Gasteiger partial charge in [-0.1, -0.05) is 0 Å². The Labute approximate surface area is 199 Å². The number of pyridine rings is 2. The zero-order chi connectivity index (χ0) is 25.4. The molecule has 4 rings (SSSR count). The van der Waals surface area contributed by atoms with Gasteiger partial charge >= 0.3 is 136 Å². The summed E-state index contributed by atoms with van der Waals surface area (Å²) in [4.78, 5) is 20.9. The molecule has 3 aromatic heterocycles. The summed E-state index contributed by atoms with van der Waals surface area (Å²) in [5.41, 5.74) is 0.662. The van der Waals surface area contributed by atoms with Gasteiger partial charge in [-0.15, -0.1) is 0 Å². The zero-order valence-corrected chi connectivity index (χ0v) is 19.6. The quantitative estimate of drug-likeness (QED) is 0.303. The fraction of sp³-hybridized carbons (Fsp3) is 0.409. The van der Waals surface area contributed by atoms with E-state index < -0.39 is 40.5 Å². The molecule has 1 fully saturated rings. The SMILES string of the molecule is Cc1cc2nc(C(=O)NC3(C)CC[S-](#[O+])CC3)cn2cc1Oc1ncc(F)cc1OCC(F)(F)F. The molecule has 1 aliphatic heterocycles. The molecule has 0 atom stereocenters. The number of rotatable bonds is 6. The van der Waals surface area contributed by atoms with Crippen molar-refractivity contribution >= 4 is 22.2 Å². The minimum Gasteiger partial charge on any atom is -0.478 e. The van der Waals surface area contributed by atoms with Crippen LogP contribution in [0.2, 0.25) is 0 Å². The van der Waals surface area contributed by atoms with Crippen molar-refractivity contribution in [3.63, 3.8) is 0 Å². The molecule has 8 nitrogen and oxygen atoms in total. The van der Waals surface area contributed by atoms with Gasteiger partial charge in [-0.25, -0.2) is 9.37 Å². The minimum absolute atomic E-state index is 0.156. The molecule has 1 aliphatic rings. The number of hydrogen-bond acceptors (Lipinski definition) is 6. The molecule has 0 aliphatic carbocycles. The van der Waals surface area contributed by atoms with Crippen molar-refractivity contribution in [1.29, 1.82) is 0 Å². The van der Waals surface area contributed by atoms with Crippen molar-refractivity contribution in [1.82, 2.24) is 19.7 Å². The van der Waals surface area contributed by atoms with E-state index in [9.17, 15) is 26.4 Å². The third-order valence-electron chi connectivity index (χ3n) is 5.55. The number of imidazole rings is 1. The van der Waals surface area contributed by atoms with Gasteiger partial charge in [0.25, 0.3) is 5.88 Å². The third kappa shape index (κ3) is 6.14. The molecular formula is C22H22F4N4O4S. The fourth-order valence-corrected chi connectivity index (χ4v) is 5.11. The van der Waals surface area contributed by atoms with Gasteiger partial charge in [0.1, 0.15) is 5.82 Å². The second-order valence-electron chi connectivity index (χ2n) is 8.54. The first-order valence-corrected chi connectivity index (χ1v) is 12.1. The van der Waals surface area contributed by atoms with Gasteiger partial charge in [-0.2, -0.15) is 13.2 Å². The number of ether oxygens (including phenoxy) is 2. The molecule has 0 aromatic carbocycles. The predicted octanol–water partition coefficient (Wildman–Crippen LogP) is 4.16. The molecule has 35 heavy (non-hydrogen) atoms. The Morgan fingerprint density at radius 3 is 2.66 bits per heavy atom. The number of fused-ring (bicyclic) bond motifs is 1. The molecule has 0 radical (unpaired) electrons. The van der Waals surface area contributed by atoms with Crippen LogP contribution in [0.5, 0.6) is 17.4 Å². The van der Waals surface area contributed by atoms with Crippen LogP contribution in [0.1, 0.15) is 35.8 Å². The van der Waals surface area contributed by atoms with E-state index in [2.05, 4.69) is 20.0 Å². The van der Waals surface area contributed by atoms with Crippen LogP contribution in [0.25, 0.3) is 5.65 Å². The van der Waals surface area contributed by atoms with Crippen LogP contribution in [0, 0.1) is 12.7 Å². The molecular weight excluding hydrogens is 492 g/mol. The van der Waals surface area contributed by atoms with Crippen LogP contribution < -0.4 is 14.8 Å². The van der Waals surface area contributed by atoms with Crippen LogP contribution >= 0.6 is 0 Å². The molecule has 0 saturated carbocycles. The topological polar surface area (TPSA) is 97.7 Å². The Bertz CT molecular complexity index is 1340. The summed E-state index contributed by atoms with van der Waals surface area (Å²) in [5.74, 6) is -0.883. The predicted molar refractivity (Wildman–Crippen MR) is 119 cm³/mol. The number of nitrogens with one attached hydrogen (secondary N) is 1. The number of carbonyl (C=O) groups is 1. The van der Waals surface area contributed by atoms with Gasteiger partial charge in [0.15, 0.2) is 12.4 Å². The smallest absolute Gasteiger partial charge is 0.478 e. The van der Waals surface area contributed by atoms with Crippen molar-refractivity contribution in [2.75, 3.05) is 18.1 Å². The van der Waals surface area contributed by atoms with E-state index in [1.165, 1.54) is 16.8 Å². The van der Waals surface area contributed by atoms with E-state index >= 15 is 0 Å². The number of nitrogens with zero attached hydrogens (tertiary/aromatic N) is 3. The number of hydrogen-bond donors (Lipinski definition) is 1. The molecule has 0 bridgehead atoms. The van der Waals surface area contributed by atoms with E-state index in [4.69, 9.17) is 4.74 Å². The van der Waals surface area contributed by atoms with Gasteiger partial charge < -0.3 is 4.74 Å². The van der Waals surface area contributed by atoms with Crippen molar-refractivity contribution in [2.24, 2.45) is 0 Å². The van der Waals surface area contributed by atoms with Crippen LogP contribution in [0.3, 0.4) is 0 Å². The Morgan fingerprint density at radius 2 is 1.97 bits per heavy atom. The molecule has 3 aromatic rings. The molecule has 188 valence electrons. The summed E-state index contributed by atoms with van der Waals surface area (Å²) in [6, 6.07) is 2.38. The summed E-state index contributed by atoms with van der Waals surface area (Å²) in [6.45, 7) is 1.94. The monoisotopic (exact) mass is 514 g/mol. The van der Waals surface area contributed by atoms with Crippen molar-refractivity contribution in [2.45, 2.75) is 38.4 Å². The summed E-state index contributed by atoms with van der Waals surface area (Å²) in [7, 11) is -0.865. The van der Waals surface area contributed by atoms with E-state index in [-0.39, 0.29) is 23.2 Å². The van der Waals surface area contributed by atoms with Crippen LogP contribution in [-0.2, 0) is 14.7 Å². The average molecular weight is 515 g/mol. The first-order valence-electron chi connectivity index (χ1n) is 10.6. The number of amides is 1. The fourth-order valence-electron chi connectivity index (χ4n) is 3.55. The molecule has 13 heteroatoms. The molecule has 4 heterocycles. The average Bonchev–Trinajstić information content (AvgIpc) is 3.18. The minimum atomic E-state index is -4.63. The van der Waals surface area contributed by atoms with Gasteiger partial charge in [0, 0.05) is 6.07 Å². The number of aromatic nitrogens is 3. The van der Waals surface area contributed by atoms with E-state index in [0.717, 1.165) is 12.3 Å². The van der Waals surface area contributed by atoms with E-state index in [1.54, 1.807) is 13.0 Å². The van der Waals surface area contributed by atoms with Crippen molar-refractivity contribution in [3.8, 4) is 17.4 Å². The van der Waals surface area contributed by atoms with Crippen molar-refractivity contribution < 1.29 is 35.9 Å².